The molecular formula is C16H16N2O. The van der Waals surface area contributed by atoms with Crippen molar-refractivity contribution in [3.05, 3.63) is 54.0 Å². The van der Waals surface area contributed by atoms with Gasteiger partial charge in [0, 0.05) is 23.3 Å². The van der Waals surface area contributed by atoms with Gasteiger partial charge in [-0.25, -0.2) is 0 Å². The normalized spacial score (nSPS) is 11.1. The lowest BCUT2D eigenvalue weighted by Crippen LogP contribution is -2.01. The number of hydrogen-bond acceptors (Lipinski definition) is 3. The molecule has 0 saturated carbocycles. The van der Waals surface area contributed by atoms with E-state index in [-0.39, 0.29) is 0 Å². The van der Waals surface area contributed by atoms with Crippen LogP contribution in [-0.2, 0) is 6.42 Å². The zero-order chi connectivity index (χ0) is 13.2. The molecule has 0 aliphatic rings. The number of hydrogen-bond donors (Lipinski definition) is 1. The Morgan fingerprint density at radius 1 is 1.16 bits per heavy atom. The summed E-state index contributed by atoms with van der Waals surface area (Å²) in [6.07, 6.45) is 6.38. The molecule has 3 rings (SSSR count). The molecule has 96 valence electrons. The van der Waals surface area contributed by atoms with Gasteiger partial charge in [0.25, 0.3) is 0 Å². The van der Waals surface area contributed by atoms with Crippen molar-refractivity contribution >= 4 is 11.0 Å². The third-order valence-corrected chi connectivity index (χ3v) is 3.28. The van der Waals surface area contributed by atoms with Crippen molar-refractivity contribution in [2.75, 3.05) is 6.54 Å². The number of benzene rings is 1. The van der Waals surface area contributed by atoms with Gasteiger partial charge in [-0.15, -0.1) is 0 Å². The first kappa shape index (κ1) is 11.9. The summed E-state index contributed by atoms with van der Waals surface area (Å²) in [7, 11) is 0. The zero-order valence-electron chi connectivity index (χ0n) is 10.9. The minimum Gasteiger partial charge on any atom is -0.464 e. The van der Waals surface area contributed by atoms with Gasteiger partial charge in [0.15, 0.2) is 0 Å². The number of aryl methyl sites for hydroxylation is 1. The third kappa shape index (κ3) is 2.25. The van der Waals surface area contributed by atoms with Gasteiger partial charge in [0.05, 0.1) is 6.26 Å². The summed E-state index contributed by atoms with van der Waals surface area (Å²) in [6.45, 7) is 2.68. The Labute approximate surface area is 112 Å². The van der Waals surface area contributed by atoms with Gasteiger partial charge in [0.2, 0.25) is 0 Å². The molecule has 0 saturated heterocycles. The topological polar surface area (TPSA) is 52.0 Å². The SMILES string of the molecule is Cc1cncc(-c2ccc3occ(CCN)c3c2)c1. The first-order valence-corrected chi connectivity index (χ1v) is 6.40. The quantitative estimate of drug-likeness (QED) is 0.778. The first-order valence-electron chi connectivity index (χ1n) is 6.40. The van der Waals surface area contributed by atoms with Crippen LogP contribution in [0, 0.1) is 6.92 Å². The fourth-order valence-electron chi connectivity index (χ4n) is 2.32. The lowest BCUT2D eigenvalue weighted by molar-refractivity contribution is 0.610. The number of pyridine rings is 1. The number of furan rings is 1. The summed E-state index contributed by atoms with van der Waals surface area (Å²) in [5.74, 6) is 0. The molecule has 0 aliphatic heterocycles. The van der Waals surface area contributed by atoms with Crippen LogP contribution in [0.5, 0.6) is 0 Å². The van der Waals surface area contributed by atoms with Crippen molar-refractivity contribution in [1.82, 2.24) is 4.98 Å². The van der Waals surface area contributed by atoms with Crippen LogP contribution < -0.4 is 5.73 Å². The van der Waals surface area contributed by atoms with Crippen molar-refractivity contribution in [2.45, 2.75) is 13.3 Å². The standard InChI is InChI=1S/C16H16N2O/c1-11-6-14(9-18-8-11)12-2-3-16-15(7-12)13(4-5-17)10-19-16/h2-3,6-10H,4-5,17H2,1H3. The average molecular weight is 252 g/mol. The van der Waals surface area contributed by atoms with Gasteiger partial charge in [-0.2, -0.15) is 0 Å². The second-order valence-corrected chi connectivity index (χ2v) is 4.76. The number of fused-ring (bicyclic) bond motifs is 1. The van der Waals surface area contributed by atoms with Crippen LogP contribution in [0.1, 0.15) is 11.1 Å². The summed E-state index contributed by atoms with van der Waals surface area (Å²) in [5, 5.41) is 1.14. The minimum absolute atomic E-state index is 0.630. The summed E-state index contributed by atoms with van der Waals surface area (Å²) < 4.78 is 5.54. The van der Waals surface area contributed by atoms with E-state index in [9.17, 15) is 0 Å². The molecule has 0 radical (unpaired) electrons. The van der Waals surface area contributed by atoms with E-state index in [0.717, 1.165) is 34.1 Å². The van der Waals surface area contributed by atoms with E-state index in [2.05, 4.69) is 23.2 Å². The second kappa shape index (κ2) is 4.86. The zero-order valence-corrected chi connectivity index (χ0v) is 10.9. The predicted octanol–water partition coefficient (Wildman–Crippen LogP) is 3.30. The maximum absolute atomic E-state index is 5.63. The Kier molecular flexibility index (Phi) is 3.05. The van der Waals surface area contributed by atoms with Crippen molar-refractivity contribution in [1.29, 1.82) is 0 Å². The maximum Gasteiger partial charge on any atom is 0.134 e. The van der Waals surface area contributed by atoms with Gasteiger partial charge in [0.1, 0.15) is 5.58 Å². The van der Waals surface area contributed by atoms with Crippen molar-refractivity contribution in [2.24, 2.45) is 5.73 Å². The largest absolute Gasteiger partial charge is 0.464 e. The predicted molar refractivity (Wildman–Crippen MR) is 76.9 cm³/mol. The molecular weight excluding hydrogens is 236 g/mol. The van der Waals surface area contributed by atoms with E-state index >= 15 is 0 Å². The molecule has 0 aliphatic carbocycles. The molecule has 0 spiro atoms. The van der Waals surface area contributed by atoms with Crippen LogP contribution in [0.15, 0.2) is 47.3 Å². The molecule has 2 heterocycles. The minimum atomic E-state index is 0.630. The Morgan fingerprint density at radius 2 is 2.05 bits per heavy atom. The van der Waals surface area contributed by atoms with E-state index in [1.165, 1.54) is 5.56 Å². The van der Waals surface area contributed by atoms with E-state index in [4.69, 9.17) is 10.2 Å². The van der Waals surface area contributed by atoms with E-state index in [1.807, 2.05) is 25.4 Å². The lowest BCUT2D eigenvalue weighted by Gasteiger charge is -2.03. The molecule has 0 amide bonds. The van der Waals surface area contributed by atoms with Crippen LogP contribution in [0.2, 0.25) is 0 Å². The summed E-state index contributed by atoms with van der Waals surface area (Å²) >= 11 is 0. The maximum atomic E-state index is 5.63. The fraction of sp³-hybridized carbons (Fsp3) is 0.188. The molecule has 1 aromatic carbocycles. The Balaban J connectivity index is 2.12. The number of nitrogens with two attached hydrogens (primary N) is 1. The molecule has 0 fully saturated rings. The van der Waals surface area contributed by atoms with Gasteiger partial charge < -0.3 is 10.2 Å². The monoisotopic (exact) mass is 252 g/mol. The molecule has 3 nitrogen and oxygen atoms in total. The van der Waals surface area contributed by atoms with Gasteiger partial charge in [-0.3, -0.25) is 4.98 Å². The number of nitrogens with zero attached hydrogens (tertiary/aromatic N) is 1. The highest BCUT2D eigenvalue weighted by molar-refractivity contribution is 5.86. The molecule has 0 unspecified atom stereocenters. The first-order chi connectivity index (χ1) is 9.28. The van der Waals surface area contributed by atoms with E-state index < -0.39 is 0 Å². The van der Waals surface area contributed by atoms with Gasteiger partial charge >= 0.3 is 0 Å². The smallest absolute Gasteiger partial charge is 0.134 e. The van der Waals surface area contributed by atoms with Crippen molar-refractivity contribution < 1.29 is 4.42 Å². The summed E-state index contributed by atoms with van der Waals surface area (Å²) in [5.41, 5.74) is 11.1. The van der Waals surface area contributed by atoms with Crippen LogP contribution in [-0.4, -0.2) is 11.5 Å². The van der Waals surface area contributed by atoms with Gasteiger partial charge in [-0.1, -0.05) is 6.07 Å². The van der Waals surface area contributed by atoms with Crippen LogP contribution in [0.4, 0.5) is 0 Å². The van der Waals surface area contributed by atoms with Crippen molar-refractivity contribution in [3.8, 4) is 11.1 Å². The Bertz CT molecular complexity index is 716. The summed E-state index contributed by atoms with van der Waals surface area (Å²) in [6, 6.07) is 8.36. The molecule has 19 heavy (non-hydrogen) atoms. The Morgan fingerprint density at radius 3 is 2.84 bits per heavy atom. The summed E-state index contributed by atoms with van der Waals surface area (Å²) in [4.78, 5) is 4.24. The van der Waals surface area contributed by atoms with Crippen molar-refractivity contribution in [3.63, 3.8) is 0 Å². The lowest BCUT2D eigenvalue weighted by atomic mass is 10.0. The molecule has 0 bridgehead atoms. The van der Waals surface area contributed by atoms with Crippen LogP contribution >= 0.6 is 0 Å². The highest BCUT2D eigenvalue weighted by atomic mass is 16.3. The van der Waals surface area contributed by atoms with Gasteiger partial charge in [-0.05, 0) is 54.8 Å². The van der Waals surface area contributed by atoms with Crippen LogP contribution in [0.3, 0.4) is 0 Å². The highest BCUT2D eigenvalue weighted by Crippen LogP contribution is 2.28. The third-order valence-electron chi connectivity index (χ3n) is 3.28. The number of aromatic nitrogens is 1. The van der Waals surface area contributed by atoms with E-state index in [1.54, 1.807) is 6.26 Å². The average Bonchev–Trinajstić information content (AvgIpc) is 2.82. The molecule has 0 atom stereocenters. The molecule has 3 aromatic rings. The second-order valence-electron chi connectivity index (χ2n) is 4.76. The molecule has 2 N–H and O–H groups in total. The Hall–Kier alpha value is -2.13. The molecule has 3 heteroatoms. The fourth-order valence-corrected chi connectivity index (χ4v) is 2.32. The highest BCUT2D eigenvalue weighted by Gasteiger charge is 2.07. The molecule has 2 aromatic heterocycles. The van der Waals surface area contributed by atoms with Crippen LogP contribution in [0.25, 0.3) is 22.1 Å². The number of rotatable bonds is 3. The van der Waals surface area contributed by atoms with E-state index in [0.29, 0.717) is 6.54 Å².